The Hall–Kier alpha value is -0.620. The van der Waals surface area contributed by atoms with Crippen LogP contribution in [0.2, 0.25) is 0 Å². The standard InChI is InChI=1S/C9H17NO4S/c1-6(8(10)9(11)14-2)5-15(12,13)7-3-4-7/h6-8H,3-5,10H2,1-2H3/t6?,8-/m0/s1. The van der Waals surface area contributed by atoms with Gasteiger partial charge in [-0.3, -0.25) is 4.79 Å². The summed E-state index contributed by atoms with van der Waals surface area (Å²) in [6, 6.07) is -0.858. The highest BCUT2D eigenvalue weighted by Crippen LogP contribution is 2.30. The van der Waals surface area contributed by atoms with Gasteiger partial charge in [-0.1, -0.05) is 6.92 Å². The van der Waals surface area contributed by atoms with Crippen LogP contribution < -0.4 is 5.73 Å². The fraction of sp³-hybridized carbons (Fsp3) is 0.889. The zero-order valence-electron chi connectivity index (χ0n) is 8.97. The van der Waals surface area contributed by atoms with Crippen LogP contribution in [0.1, 0.15) is 19.8 Å². The smallest absolute Gasteiger partial charge is 0.322 e. The summed E-state index contributed by atoms with van der Waals surface area (Å²) in [4.78, 5) is 11.1. The maximum Gasteiger partial charge on any atom is 0.322 e. The summed E-state index contributed by atoms with van der Waals surface area (Å²) in [7, 11) is -1.82. The lowest BCUT2D eigenvalue weighted by molar-refractivity contribution is -0.143. The molecule has 0 bridgehead atoms. The second-order valence-electron chi connectivity index (χ2n) is 4.06. The van der Waals surface area contributed by atoms with Crippen molar-refractivity contribution in [1.82, 2.24) is 0 Å². The molecule has 0 saturated heterocycles. The van der Waals surface area contributed by atoms with E-state index in [1.165, 1.54) is 7.11 Å². The van der Waals surface area contributed by atoms with Crippen LogP contribution in [0.4, 0.5) is 0 Å². The maximum atomic E-state index is 11.6. The van der Waals surface area contributed by atoms with Crippen LogP contribution >= 0.6 is 0 Å². The highest BCUT2D eigenvalue weighted by molar-refractivity contribution is 7.92. The van der Waals surface area contributed by atoms with Gasteiger partial charge < -0.3 is 10.5 Å². The molecule has 0 amide bonds. The van der Waals surface area contributed by atoms with E-state index in [1.807, 2.05) is 0 Å². The van der Waals surface area contributed by atoms with Crippen LogP contribution in [0, 0.1) is 5.92 Å². The molecule has 1 aliphatic carbocycles. The van der Waals surface area contributed by atoms with Gasteiger partial charge in [0.1, 0.15) is 6.04 Å². The molecule has 0 heterocycles. The van der Waals surface area contributed by atoms with Gasteiger partial charge in [-0.05, 0) is 18.8 Å². The van der Waals surface area contributed by atoms with E-state index in [-0.39, 0.29) is 11.0 Å². The highest BCUT2D eigenvalue weighted by Gasteiger charge is 2.38. The fourth-order valence-electron chi connectivity index (χ4n) is 1.40. The number of nitrogens with two attached hydrogens (primary N) is 1. The van der Waals surface area contributed by atoms with Gasteiger partial charge in [0.15, 0.2) is 9.84 Å². The van der Waals surface area contributed by atoms with Crippen LogP contribution in [-0.4, -0.2) is 38.5 Å². The second kappa shape index (κ2) is 4.49. The third-order valence-electron chi connectivity index (χ3n) is 2.61. The number of esters is 1. The Morgan fingerprint density at radius 2 is 2.07 bits per heavy atom. The van der Waals surface area contributed by atoms with E-state index in [2.05, 4.69) is 4.74 Å². The predicted molar refractivity (Wildman–Crippen MR) is 56.0 cm³/mol. The summed E-state index contributed by atoms with van der Waals surface area (Å²) in [6.45, 7) is 1.65. The molecule has 0 aromatic rings. The largest absolute Gasteiger partial charge is 0.468 e. The number of hydrogen-bond donors (Lipinski definition) is 1. The van der Waals surface area contributed by atoms with Crippen LogP contribution in [-0.2, 0) is 19.4 Å². The van der Waals surface area contributed by atoms with Crippen molar-refractivity contribution < 1.29 is 17.9 Å². The van der Waals surface area contributed by atoms with Gasteiger partial charge in [0.05, 0.1) is 18.1 Å². The molecule has 0 aromatic heterocycles. The Morgan fingerprint density at radius 1 is 1.53 bits per heavy atom. The van der Waals surface area contributed by atoms with Crippen LogP contribution in [0.25, 0.3) is 0 Å². The molecule has 1 unspecified atom stereocenters. The molecule has 1 saturated carbocycles. The zero-order chi connectivity index (χ0) is 11.6. The number of methoxy groups -OCH3 is 1. The lowest BCUT2D eigenvalue weighted by Gasteiger charge is -2.17. The number of sulfone groups is 1. The van der Waals surface area contributed by atoms with E-state index < -0.39 is 27.8 Å². The van der Waals surface area contributed by atoms with Crippen LogP contribution in [0.5, 0.6) is 0 Å². The molecule has 1 aliphatic rings. The minimum Gasteiger partial charge on any atom is -0.468 e. The Morgan fingerprint density at radius 3 is 2.47 bits per heavy atom. The quantitative estimate of drug-likeness (QED) is 0.661. The molecule has 1 fully saturated rings. The normalized spacial score (nSPS) is 20.7. The van der Waals surface area contributed by atoms with Gasteiger partial charge in [-0.15, -0.1) is 0 Å². The lowest BCUT2D eigenvalue weighted by Crippen LogP contribution is -2.41. The second-order valence-corrected chi connectivity index (χ2v) is 6.38. The van der Waals surface area contributed by atoms with Crippen molar-refractivity contribution in [2.24, 2.45) is 11.7 Å². The molecule has 1 rings (SSSR count). The first kappa shape index (κ1) is 12.4. The summed E-state index contributed by atoms with van der Waals surface area (Å²) >= 11 is 0. The minimum atomic E-state index is -3.06. The van der Waals surface area contributed by atoms with Gasteiger partial charge in [0.25, 0.3) is 0 Å². The monoisotopic (exact) mass is 235 g/mol. The van der Waals surface area contributed by atoms with E-state index in [1.54, 1.807) is 6.92 Å². The molecule has 0 aromatic carbocycles. The number of carbonyl (C=O) groups excluding carboxylic acids is 1. The van der Waals surface area contributed by atoms with Crippen LogP contribution in [0.15, 0.2) is 0 Å². The fourth-order valence-corrected chi connectivity index (χ4v) is 3.47. The molecular weight excluding hydrogens is 218 g/mol. The molecule has 88 valence electrons. The Kier molecular flexibility index (Phi) is 3.72. The molecule has 5 nitrogen and oxygen atoms in total. The minimum absolute atomic E-state index is 0.0338. The van der Waals surface area contributed by atoms with Crippen LogP contribution in [0.3, 0.4) is 0 Å². The van der Waals surface area contributed by atoms with Gasteiger partial charge in [-0.2, -0.15) is 0 Å². The average molecular weight is 235 g/mol. The Balaban J connectivity index is 2.54. The summed E-state index contributed by atoms with van der Waals surface area (Å²) in [5, 5.41) is -0.204. The summed E-state index contributed by atoms with van der Waals surface area (Å²) in [5.41, 5.74) is 5.56. The van der Waals surface area contributed by atoms with Gasteiger partial charge >= 0.3 is 5.97 Å². The van der Waals surface area contributed by atoms with Gasteiger partial charge in [-0.25, -0.2) is 8.42 Å². The predicted octanol–water partition coefficient (Wildman–Crippen LogP) is -0.300. The average Bonchev–Trinajstić information content (AvgIpc) is 2.97. The molecule has 15 heavy (non-hydrogen) atoms. The molecule has 6 heteroatoms. The SMILES string of the molecule is COC(=O)[C@@H](N)C(C)CS(=O)(=O)C1CC1. The summed E-state index contributed by atoms with van der Waals surface area (Å²) in [6.07, 6.45) is 1.48. The Bertz CT molecular complexity index is 334. The molecule has 0 aliphatic heterocycles. The third kappa shape index (κ3) is 3.17. The van der Waals surface area contributed by atoms with E-state index in [0.29, 0.717) is 0 Å². The first-order valence-corrected chi connectivity index (χ1v) is 6.65. The first-order chi connectivity index (χ1) is 6.88. The van der Waals surface area contributed by atoms with E-state index in [9.17, 15) is 13.2 Å². The van der Waals surface area contributed by atoms with Crippen molar-refractivity contribution in [1.29, 1.82) is 0 Å². The molecule has 0 radical (unpaired) electrons. The van der Waals surface area contributed by atoms with E-state index in [4.69, 9.17) is 5.73 Å². The third-order valence-corrected chi connectivity index (χ3v) is 5.09. The molecule has 0 spiro atoms. The number of rotatable bonds is 5. The van der Waals surface area contributed by atoms with Crippen molar-refractivity contribution in [2.75, 3.05) is 12.9 Å². The van der Waals surface area contributed by atoms with Crippen molar-refractivity contribution in [2.45, 2.75) is 31.1 Å². The van der Waals surface area contributed by atoms with E-state index in [0.717, 1.165) is 12.8 Å². The maximum absolute atomic E-state index is 11.6. The molecule has 2 atom stereocenters. The van der Waals surface area contributed by atoms with Crippen molar-refractivity contribution in [3.8, 4) is 0 Å². The van der Waals surface area contributed by atoms with Crippen molar-refractivity contribution >= 4 is 15.8 Å². The van der Waals surface area contributed by atoms with Gasteiger partial charge in [0, 0.05) is 0 Å². The zero-order valence-corrected chi connectivity index (χ0v) is 9.79. The molecule has 2 N–H and O–H groups in total. The first-order valence-electron chi connectivity index (χ1n) is 4.93. The topological polar surface area (TPSA) is 86.5 Å². The van der Waals surface area contributed by atoms with E-state index >= 15 is 0 Å². The number of ether oxygens (including phenoxy) is 1. The lowest BCUT2D eigenvalue weighted by atomic mass is 10.1. The molecular formula is C9H17NO4S. The highest BCUT2D eigenvalue weighted by atomic mass is 32.2. The number of carbonyl (C=O) groups is 1. The summed E-state index contributed by atoms with van der Waals surface area (Å²) in [5.74, 6) is -0.995. The number of hydrogen-bond acceptors (Lipinski definition) is 5. The van der Waals surface area contributed by atoms with Gasteiger partial charge in [0.2, 0.25) is 0 Å². The summed E-state index contributed by atoms with van der Waals surface area (Å²) < 4.78 is 27.7. The van der Waals surface area contributed by atoms with Crippen molar-refractivity contribution in [3.05, 3.63) is 0 Å². The van der Waals surface area contributed by atoms with Crippen molar-refractivity contribution in [3.63, 3.8) is 0 Å². The Labute approximate surface area is 89.9 Å².